The van der Waals surface area contributed by atoms with E-state index in [1.807, 2.05) is 38.1 Å². The standard InChI is InChI=1S/C19H24N4/c1-12-9-16-17(10-13(12)2)23(11-19(3,4)21)18(22-16)14-5-7-15(20)8-6-14/h5-10H,11,20-21H2,1-4H3. The van der Waals surface area contributed by atoms with Crippen LogP contribution in [0, 0.1) is 13.8 Å². The zero-order chi connectivity index (χ0) is 16.8. The SMILES string of the molecule is Cc1cc2nc(-c3ccc(N)cc3)n(CC(C)(C)N)c2cc1C. The van der Waals surface area contributed by atoms with Crippen molar-refractivity contribution in [1.82, 2.24) is 9.55 Å². The largest absolute Gasteiger partial charge is 0.399 e. The highest BCUT2D eigenvalue weighted by Crippen LogP contribution is 2.28. The molecule has 4 nitrogen and oxygen atoms in total. The number of anilines is 1. The average molecular weight is 308 g/mol. The summed E-state index contributed by atoms with van der Waals surface area (Å²) in [5.41, 5.74) is 18.2. The Morgan fingerprint density at radius 2 is 1.65 bits per heavy atom. The van der Waals surface area contributed by atoms with Crippen LogP contribution in [0.2, 0.25) is 0 Å². The molecule has 0 fully saturated rings. The van der Waals surface area contributed by atoms with Gasteiger partial charge in [0.25, 0.3) is 0 Å². The van der Waals surface area contributed by atoms with Gasteiger partial charge < -0.3 is 16.0 Å². The predicted octanol–water partition coefficient (Wildman–Crippen LogP) is 3.64. The van der Waals surface area contributed by atoms with E-state index in [0.29, 0.717) is 6.54 Å². The third kappa shape index (κ3) is 3.08. The summed E-state index contributed by atoms with van der Waals surface area (Å²) in [5, 5.41) is 0. The van der Waals surface area contributed by atoms with Crippen molar-refractivity contribution in [3.05, 3.63) is 47.5 Å². The van der Waals surface area contributed by atoms with E-state index in [4.69, 9.17) is 16.5 Å². The van der Waals surface area contributed by atoms with Crippen LogP contribution in [0.1, 0.15) is 25.0 Å². The number of benzene rings is 2. The number of fused-ring (bicyclic) bond motifs is 1. The van der Waals surface area contributed by atoms with Crippen molar-refractivity contribution >= 4 is 16.7 Å². The Morgan fingerprint density at radius 1 is 1.04 bits per heavy atom. The van der Waals surface area contributed by atoms with E-state index >= 15 is 0 Å². The summed E-state index contributed by atoms with van der Waals surface area (Å²) in [4.78, 5) is 4.87. The van der Waals surface area contributed by atoms with Gasteiger partial charge in [0.1, 0.15) is 5.82 Å². The van der Waals surface area contributed by atoms with Gasteiger partial charge in [-0.2, -0.15) is 0 Å². The molecule has 0 atom stereocenters. The minimum atomic E-state index is -0.324. The fourth-order valence-corrected chi connectivity index (χ4v) is 2.80. The van der Waals surface area contributed by atoms with Crippen molar-refractivity contribution in [3.8, 4) is 11.4 Å². The number of imidazole rings is 1. The zero-order valence-electron chi connectivity index (χ0n) is 14.2. The predicted molar refractivity (Wildman–Crippen MR) is 97.3 cm³/mol. The van der Waals surface area contributed by atoms with Crippen LogP contribution in [0.4, 0.5) is 5.69 Å². The molecule has 2 aromatic carbocycles. The lowest BCUT2D eigenvalue weighted by molar-refractivity contribution is 0.442. The molecule has 1 aromatic heterocycles. The summed E-state index contributed by atoms with van der Waals surface area (Å²) in [5.74, 6) is 0.934. The molecule has 23 heavy (non-hydrogen) atoms. The maximum atomic E-state index is 6.29. The van der Waals surface area contributed by atoms with E-state index in [-0.39, 0.29) is 5.54 Å². The molecular formula is C19H24N4. The minimum absolute atomic E-state index is 0.324. The summed E-state index contributed by atoms with van der Waals surface area (Å²) in [6.07, 6.45) is 0. The molecule has 0 saturated heterocycles. The Bertz CT molecular complexity index is 852. The first kappa shape index (κ1) is 15.6. The number of nitrogens with zero attached hydrogens (tertiary/aromatic N) is 2. The molecule has 0 radical (unpaired) electrons. The van der Waals surface area contributed by atoms with Gasteiger partial charge in [-0.3, -0.25) is 0 Å². The quantitative estimate of drug-likeness (QED) is 0.726. The van der Waals surface area contributed by atoms with Gasteiger partial charge in [-0.25, -0.2) is 4.98 Å². The van der Waals surface area contributed by atoms with Gasteiger partial charge in [-0.05, 0) is 75.2 Å². The summed E-state index contributed by atoms with van der Waals surface area (Å²) in [7, 11) is 0. The van der Waals surface area contributed by atoms with Gasteiger partial charge in [-0.15, -0.1) is 0 Å². The molecule has 4 N–H and O–H groups in total. The Balaban J connectivity index is 2.26. The molecule has 0 amide bonds. The number of aryl methyl sites for hydroxylation is 2. The number of aromatic nitrogens is 2. The minimum Gasteiger partial charge on any atom is -0.399 e. The maximum Gasteiger partial charge on any atom is 0.141 e. The van der Waals surface area contributed by atoms with Gasteiger partial charge in [0, 0.05) is 23.3 Å². The lowest BCUT2D eigenvalue weighted by Gasteiger charge is -2.21. The number of nitrogen functional groups attached to an aromatic ring is 1. The Labute approximate surface area is 137 Å². The molecule has 0 spiro atoms. The molecule has 0 unspecified atom stereocenters. The van der Waals surface area contributed by atoms with Gasteiger partial charge >= 0.3 is 0 Å². The first-order valence-electron chi connectivity index (χ1n) is 7.87. The number of rotatable bonds is 3. The van der Waals surface area contributed by atoms with Crippen LogP contribution in [-0.4, -0.2) is 15.1 Å². The molecule has 3 aromatic rings. The molecule has 0 aliphatic carbocycles. The Morgan fingerprint density at radius 3 is 2.26 bits per heavy atom. The van der Waals surface area contributed by atoms with Crippen LogP contribution in [0.3, 0.4) is 0 Å². The molecular weight excluding hydrogens is 284 g/mol. The van der Waals surface area contributed by atoms with Gasteiger partial charge in [0.05, 0.1) is 11.0 Å². The van der Waals surface area contributed by atoms with Crippen molar-refractivity contribution in [2.75, 3.05) is 5.73 Å². The third-order valence-corrected chi connectivity index (χ3v) is 4.10. The molecule has 4 heteroatoms. The lowest BCUT2D eigenvalue weighted by Crippen LogP contribution is -2.37. The smallest absolute Gasteiger partial charge is 0.141 e. The van der Waals surface area contributed by atoms with E-state index < -0.39 is 0 Å². The monoisotopic (exact) mass is 308 g/mol. The van der Waals surface area contributed by atoms with E-state index in [2.05, 4.69) is 30.5 Å². The Hall–Kier alpha value is -2.33. The highest BCUT2D eigenvalue weighted by atomic mass is 15.1. The number of hydrogen-bond acceptors (Lipinski definition) is 3. The van der Waals surface area contributed by atoms with Crippen molar-refractivity contribution in [1.29, 1.82) is 0 Å². The first-order valence-corrected chi connectivity index (χ1v) is 7.87. The van der Waals surface area contributed by atoms with Crippen LogP contribution < -0.4 is 11.5 Å². The van der Waals surface area contributed by atoms with Crippen molar-refractivity contribution in [2.24, 2.45) is 5.73 Å². The highest BCUT2D eigenvalue weighted by molar-refractivity contribution is 5.82. The van der Waals surface area contributed by atoms with Crippen LogP contribution >= 0.6 is 0 Å². The normalized spacial score (nSPS) is 12.0. The van der Waals surface area contributed by atoms with E-state index in [0.717, 1.165) is 28.1 Å². The fourth-order valence-electron chi connectivity index (χ4n) is 2.80. The second-order valence-electron chi connectivity index (χ2n) is 7.06. The van der Waals surface area contributed by atoms with Crippen LogP contribution in [0.15, 0.2) is 36.4 Å². The molecule has 0 bridgehead atoms. The molecule has 3 rings (SSSR count). The van der Waals surface area contributed by atoms with E-state index in [1.54, 1.807) is 0 Å². The van der Waals surface area contributed by atoms with Gasteiger partial charge in [-0.1, -0.05) is 0 Å². The molecule has 0 saturated carbocycles. The third-order valence-electron chi connectivity index (χ3n) is 4.10. The van der Waals surface area contributed by atoms with E-state index in [1.165, 1.54) is 11.1 Å². The summed E-state index contributed by atoms with van der Waals surface area (Å²) >= 11 is 0. The molecule has 120 valence electrons. The number of hydrogen-bond donors (Lipinski definition) is 2. The lowest BCUT2D eigenvalue weighted by atomic mass is 10.1. The average Bonchev–Trinajstić information content (AvgIpc) is 2.77. The van der Waals surface area contributed by atoms with Gasteiger partial charge in [0.15, 0.2) is 0 Å². The maximum absolute atomic E-state index is 6.29. The van der Waals surface area contributed by atoms with Crippen LogP contribution in [0.25, 0.3) is 22.4 Å². The van der Waals surface area contributed by atoms with Crippen molar-refractivity contribution in [2.45, 2.75) is 39.8 Å². The number of nitrogens with two attached hydrogens (primary N) is 2. The van der Waals surface area contributed by atoms with Gasteiger partial charge in [0.2, 0.25) is 0 Å². The Kier molecular flexibility index (Phi) is 3.65. The van der Waals surface area contributed by atoms with Crippen molar-refractivity contribution < 1.29 is 0 Å². The van der Waals surface area contributed by atoms with Crippen molar-refractivity contribution in [3.63, 3.8) is 0 Å². The van der Waals surface area contributed by atoms with Crippen LogP contribution in [-0.2, 0) is 6.54 Å². The summed E-state index contributed by atoms with van der Waals surface area (Å²) in [6.45, 7) is 9.01. The molecule has 0 aliphatic heterocycles. The summed E-state index contributed by atoms with van der Waals surface area (Å²) < 4.78 is 2.22. The summed E-state index contributed by atoms with van der Waals surface area (Å²) in [6, 6.07) is 12.2. The highest BCUT2D eigenvalue weighted by Gasteiger charge is 2.19. The topological polar surface area (TPSA) is 69.9 Å². The second-order valence-corrected chi connectivity index (χ2v) is 7.06. The molecule has 1 heterocycles. The zero-order valence-corrected chi connectivity index (χ0v) is 14.2. The van der Waals surface area contributed by atoms with E-state index in [9.17, 15) is 0 Å². The first-order chi connectivity index (χ1) is 10.7. The molecule has 0 aliphatic rings. The second kappa shape index (κ2) is 5.39. The fraction of sp³-hybridized carbons (Fsp3) is 0.316. The van der Waals surface area contributed by atoms with Crippen LogP contribution in [0.5, 0.6) is 0 Å².